The van der Waals surface area contributed by atoms with Gasteiger partial charge in [0.15, 0.2) is 0 Å². The van der Waals surface area contributed by atoms with Gasteiger partial charge in [0, 0.05) is 22.9 Å². The number of nitrogens with zero attached hydrogens (tertiary/aromatic N) is 1. The maximum atomic E-state index is 13.3. The third-order valence-electron chi connectivity index (χ3n) is 7.98. The van der Waals surface area contributed by atoms with Gasteiger partial charge in [-0.1, -0.05) is 24.3 Å². The van der Waals surface area contributed by atoms with E-state index in [4.69, 9.17) is 15.5 Å². The summed E-state index contributed by atoms with van der Waals surface area (Å²) in [6.07, 6.45) is -1.54. The van der Waals surface area contributed by atoms with Crippen LogP contribution < -0.4 is 10.5 Å². The molecule has 1 aromatic heterocycles. The van der Waals surface area contributed by atoms with Gasteiger partial charge in [0.05, 0.1) is 11.1 Å². The number of ether oxygens (including phenoxy) is 1. The molecule has 1 aliphatic heterocycles. The Kier molecular flexibility index (Phi) is 6.43. The molecule has 0 saturated heterocycles. The van der Waals surface area contributed by atoms with Crippen molar-refractivity contribution in [2.24, 2.45) is 0 Å². The van der Waals surface area contributed by atoms with E-state index in [0.717, 1.165) is 78.8 Å². The number of allylic oxidation sites excluding steroid dienone is 2. The zero-order chi connectivity index (χ0) is 28.2. The molecule has 0 radical (unpaired) electrons. The Morgan fingerprint density at radius 1 is 0.775 bits per heavy atom. The van der Waals surface area contributed by atoms with Crippen molar-refractivity contribution in [2.75, 3.05) is 5.73 Å². The molecule has 3 nitrogen and oxygen atoms in total. The predicted octanol–water partition coefficient (Wildman–Crippen LogP) is 8.63. The van der Waals surface area contributed by atoms with Crippen LogP contribution in [0.4, 0.5) is 32.0 Å². The Balaban J connectivity index is 1.49. The molecule has 1 atom stereocenters. The van der Waals surface area contributed by atoms with E-state index in [0.29, 0.717) is 46.9 Å². The zero-order valence-electron chi connectivity index (χ0n) is 21.4. The quantitative estimate of drug-likeness (QED) is 0.322. The van der Waals surface area contributed by atoms with Crippen molar-refractivity contribution in [1.82, 2.24) is 4.98 Å². The number of fused-ring (bicyclic) bond motifs is 2. The lowest BCUT2D eigenvalue weighted by Gasteiger charge is -2.36. The van der Waals surface area contributed by atoms with Crippen LogP contribution in [0.5, 0.6) is 5.88 Å². The van der Waals surface area contributed by atoms with Crippen LogP contribution in [0.2, 0.25) is 0 Å². The Morgan fingerprint density at radius 3 is 2.05 bits per heavy atom. The third-order valence-corrected chi connectivity index (χ3v) is 7.98. The molecule has 0 amide bonds. The molecule has 0 fully saturated rings. The average molecular weight is 557 g/mol. The average Bonchev–Trinajstić information content (AvgIpc) is 2.92. The molecule has 208 valence electrons. The van der Waals surface area contributed by atoms with E-state index in [-0.39, 0.29) is 0 Å². The summed E-state index contributed by atoms with van der Waals surface area (Å²) in [4.78, 5) is 4.85. The Morgan fingerprint density at radius 2 is 1.40 bits per heavy atom. The largest absolute Gasteiger partial charge is 0.438 e. The number of nitrogens with two attached hydrogens (primary N) is 1. The minimum absolute atomic E-state index is 0.349. The zero-order valence-corrected chi connectivity index (χ0v) is 21.4. The maximum Gasteiger partial charge on any atom is 0.416 e. The number of aromatic nitrogens is 1. The number of rotatable bonds is 2. The van der Waals surface area contributed by atoms with Crippen molar-refractivity contribution < 1.29 is 31.1 Å². The fourth-order valence-corrected chi connectivity index (χ4v) is 6.04. The van der Waals surface area contributed by atoms with Crippen LogP contribution in [0.1, 0.15) is 77.1 Å². The van der Waals surface area contributed by atoms with Gasteiger partial charge in [-0.15, -0.1) is 0 Å². The molecule has 0 bridgehead atoms. The van der Waals surface area contributed by atoms with Crippen LogP contribution in [-0.4, -0.2) is 4.98 Å². The Hall–Kier alpha value is -3.75. The van der Waals surface area contributed by atoms with Crippen LogP contribution in [0.3, 0.4) is 0 Å². The minimum atomic E-state index is -4.46. The number of benzene rings is 2. The number of pyridine rings is 1. The monoisotopic (exact) mass is 556 g/mol. The highest BCUT2D eigenvalue weighted by Gasteiger charge is 2.39. The molecule has 2 heterocycles. The topological polar surface area (TPSA) is 48.1 Å². The van der Waals surface area contributed by atoms with Crippen molar-refractivity contribution in [3.63, 3.8) is 0 Å². The van der Waals surface area contributed by atoms with Crippen LogP contribution in [0.25, 0.3) is 6.08 Å². The molecule has 0 spiro atoms. The molecule has 1 unspecified atom stereocenters. The van der Waals surface area contributed by atoms with E-state index >= 15 is 0 Å². The summed E-state index contributed by atoms with van der Waals surface area (Å²) in [7, 11) is 0. The highest BCUT2D eigenvalue weighted by molar-refractivity contribution is 5.70. The van der Waals surface area contributed by atoms with Gasteiger partial charge in [-0.3, -0.25) is 0 Å². The second-order valence-corrected chi connectivity index (χ2v) is 10.5. The number of halogens is 6. The predicted molar refractivity (Wildman–Crippen MR) is 140 cm³/mol. The molecule has 6 rings (SSSR count). The minimum Gasteiger partial charge on any atom is -0.438 e. The van der Waals surface area contributed by atoms with Crippen LogP contribution in [-0.2, 0) is 25.2 Å². The van der Waals surface area contributed by atoms with Crippen molar-refractivity contribution >= 4 is 11.8 Å². The molecule has 2 aromatic carbocycles. The summed E-state index contributed by atoms with van der Waals surface area (Å²) in [5, 5.41) is 0. The number of hydrogen-bond donors (Lipinski definition) is 1. The number of hydrogen-bond acceptors (Lipinski definition) is 3. The SMILES string of the molecule is Nc1c2c(nc3c1C(c1ccc(C(F)(F)F)cc1)C1=C(O3)/C(=C/c3ccc(C(F)(F)F)cc3)CCC1)CCCC2. The van der Waals surface area contributed by atoms with Crippen molar-refractivity contribution in [3.8, 4) is 5.88 Å². The lowest BCUT2D eigenvalue weighted by molar-refractivity contribution is -0.138. The summed E-state index contributed by atoms with van der Waals surface area (Å²) in [5.41, 5.74) is 11.3. The summed E-state index contributed by atoms with van der Waals surface area (Å²) < 4.78 is 85.7. The number of aryl methyl sites for hydroxylation is 1. The molecule has 2 N–H and O–H groups in total. The van der Waals surface area contributed by atoms with Gasteiger partial charge in [0.25, 0.3) is 0 Å². The van der Waals surface area contributed by atoms with Gasteiger partial charge in [0.2, 0.25) is 5.88 Å². The summed E-state index contributed by atoms with van der Waals surface area (Å²) in [5.74, 6) is 0.477. The van der Waals surface area contributed by atoms with Crippen LogP contribution >= 0.6 is 0 Å². The summed E-state index contributed by atoms with van der Waals surface area (Å²) >= 11 is 0. The van der Waals surface area contributed by atoms with Gasteiger partial charge in [-0.05, 0) is 103 Å². The first kappa shape index (κ1) is 26.5. The standard InChI is InChI=1S/C31H26F6N2O/c32-30(33,34)20-12-8-17(9-13-20)16-19-4-3-6-23-25(18-10-14-21(15-11-18)31(35,36)37)26-27(38)22-5-1-2-7-24(22)39-29(26)40-28(19)23/h8-16,25H,1-7H2,(H2,38,39)/b19-16+. The van der Waals surface area contributed by atoms with E-state index in [1.807, 2.05) is 6.08 Å². The first-order chi connectivity index (χ1) is 19.0. The summed E-state index contributed by atoms with van der Waals surface area (Å²) in [6.45, 7) is 0. The van der Waals surface area contributed by atoms with Crippen molar-refractivity contribution in [2.45, 2.75) is 63.2 Å². The molecular formula is C31H26F6N2O. The molecule has 40 heavy (non-hydrogen) atoms. The fraction of sp³-hybridized carbons (Fsp3) is 0.323. The van der Waals surface area contributed by atoms with E-state index in [2.05, 4.69) is 0 Å². The first-order valence-corrected chi connectivity index (χ1v) is 13.3. The third kappa shape index (κ3) is 4.75. The Bertz CT molecular complexity index is 1520. The smallest absolute Gasteiger partial charge is 0.416 e. The van der Waals surface area contributed by atoms with E-state index in [1.165, 1.54) is 24.3 Å². The van der Waals surface area contributed by atoms with E-state index in [9.17, 15) is 26.3 Å². The number of nitrogen functional groups attached to an aromatic ring is 1. The summed E-state index contributed by atoms with van der Waals surface area (Å²) in [6, 6.07) is 10.0. The van der Waals surface area contributed by atoms with E-state index in [1.54, 1.807) is 0 Å². The van der Waals surface area contributed by atoms with Crippen LogP contribution in [0.15, 0.2) is 65.4 Å². The number of alkyl halides is 6. The van der Waals surface area contributed by atoms with Gasteiger partial charge in [0.1, 0.15) is 5.76 Å². The normalized spacial score (nSPS) is 20.1. The lowest BCUT2D eigenvalue weighted by atomic mass is 9.75. The highest BCUT2D eigenvalue weighted by atomic mass is 19.4. The lowest BCUT2D eigenvalue weighted by Crippen LogP contribution is -2.25. The molecule has 2 aliphatic carbocycles. The highest BCUT2D eigenvalue weighted by Crippen LogP contribution is 2.52. The van der Waals surface area contributed by atoms with Gasteiger partial charge in [-0.2, -0.15) is 26.3 Å². The molecule has 3 aliphatic rings. The molecule has 9 heteroatoms. The molecular weight excluding hydrogens is 530 g/mol. The van der Waals surface area contributed by atoms with Crippen molar-refractivity contribution in [3.05, 3.63) is 105 Å². The second kappa shape index (κ2) is 9.71. The van der Waals surface area contributed by atoms with E-state index < -0.39 is 29.4 Å². The number of anilines is 1. The Labute approximate surface area is 227 Å². The fourth-order valence-electron chi connectivity index (χ4n) is 6.04. The van der Waals surface area contributed by atoms with Crippen molar-refractivity contribution in [1.29, 1.82) is 0 Å². The second-order valence-electron chi connectivity index (χ2n) is 10.5. The first-order valence-electron chi connectivity index (χ1n) is 13.3. The van der Waals surface area contributed by atoms with Crippen LogP contribution in [0, 0.1) is 0 Å². The molecule has 3 aromatic rings. The van der Waals surface area contributed by atoms with Gasteiger partial charge < -0.3 is 10.5 Å². The van der Waals surface area contributed by atoms with Gasteiger partial charge in [-0.25, -0.2) is 4.98 Å². The van der Waals surface area contributed by atoms with Gasteiger partial charge >= 0.3 is 12.4 Å². The maximum absolute atomic E-state index is 13.3. The molecule has 0 saturated carbocycles.